The van der Waals surface area contributed by atoms with Crippen LogP contribution in [0.2, 0.25) is 0 Å². The van der Waals surface area contributed by atoms with E-state index in [1.54, 1.807) is 13.1 Å². The van der Waals surface area contributed by atoms with Crippen LogP contribution in [-0.4, -0.2) is 18.1 Å². The molecule has 0 radical (unpaired) electrons. The summed E-state index contributed by atoms with van der Waals surface area (Å²) in [6, 6.07) is 2.36. The van der Waals surface area contributed by atoms with Crippen LogP contribution in [0, 0.1) is 12.7 Å². The van der Waals surface area contributed by atoms with Gasteiger partial charge in [0.2, 0.25) is 5.89 Å². The lowest BCUT2D eigenvalue weighted by Crippen LogP contribution is -2.09. The Bertz CT molecular complexity index is 640. The summed E-state index contributed by atoms with van der Waals surface area (Å²) in [5, 5.41) is 2.79. The van der Waals surface area contributed by atoms with Gasteiger partial charge in [0.15, 0.2) is 0 Å². The number of hydrogen-bond acceptors (Lipinski definition) is 6. The Morgan fingerprint density at radius 3 is 2.90 bits per heavy atom. The number of nitrogens with zero attached hydrogens (tertiary/aromatic N) is 1. The predicted molar refractivity (Wildman–Crippen MR) is 70.7 cm³/mol. The largest absolute Gasteiger partial charge is 0.465 e. The third-order valence-electron chi connectivity index (χ3n) is 2.64. The number of aryl methyl sites for hydroxylation is 1. The molecule has 0 saturated heterocycles. The second kappa shape index (κ2) is 5.60. The summed E-state index contributed by atoms with van der Waals surface area (Å²) in [5.74, 6) is -0.121. The zero-order valence-electron chi connectivity index (χ0n) is 11.1. The number of esters is 1. The van der Waals surface area contributed by atoms with Gasteiger partial charge in [-0.1, -0.05) is 0 Å². The zero-order chi connectivity index (χ0) is 14.7. The van der Waals surface area contributed by atoms with Gasteiger partial charge in [-0.05, 0) is 19.1 Å². The maximum atomic E-state index is 13.8. The lowest BCUT2D eigenvalue weighted by molar-refractivity contribution is 0.0602. The summed E-state index contributed by atoms with van der Waals surface area (Å²) in [7, 11) is 1.23. The highest BCUT2D eigenvalue weighted by atomic mass is 19.1. The van der Waals surface area contributed by atoms with Crippen molar-refractivity contribution in [3.63, 3.8) is 0 Å². The minimum atomic E-state index is -0.627. The number of halogens is 1. The van der Waals surface area contributed by atoms with Gasteiger partial charge in [-0.2, -0.15) is 0 Å². The van der Waals surface area contributed by atoms with E-state index in [1.165, 1.54) is 13.2 Å². The van der Waals surface area contributed by atoms with Gasteiger partial charge < -0.3 is 20.2 Å². The highest BCUT2D eigenvalue weighted by Gasteiger charge is 2.15. The molecular weight excluding hydrogens is 265 g/mol. The highest BCUT2D eigenvalue weighted by Crippen LogP contribution is 2.23. The Hall–Kier alpha value is -2.57. The van der Waals surface area contributed by atoms with Crippen molar-refractivity contribution >= 4 is 17.3 Å². The lowest BCUT2D eigenvalue weighted by atomic mass is 10.1. The minimum absolute atomic E-state index is 0.0202. The highest BCUT2D eigenvalue weighted by molar-refractivity contribution is 5.96. The van der Waals surface area contributed by atoms with Crippen molar-refractivity contribution in [2.45, 2.75) is 13.5 Å². The number of benzene rings is 1. The quantitative estimate of drug-likeness (QED) is 0.658. The van der Waals surface area contributed by atoms with Crippen molar-refractivity contribution in [1.82, 2.24) is 4.98 Å². The summed E-state index contributed by atoms with van der Waals surface area (Å²) in [4.78, 5) is 15.5. The van der Waals surface area contributed by atoms with Crippen LogP contribution in [0.4, 0.5) is 15.8 Å². The van der Waals surface area contributed by atoms with Gasteiger partial charge in [0.05, 0.1) is 31.1 Å². The van der Waals surface area contributed by atoms with E-state index < -0.39 is 11.8 Å². The molecule has 2 rings (SSSR count). The van der Waals surface area contributed by atoms with Crippen molar-refractivity contribution in [3.8, 4) is 0 Å². The van der Waals surface area contributed by atoms with Gasteiger partial charge in [-0.3, -0.25) is 0 Å². The first kappa shape index (κ1) is 13.9. The molecule has 1 aromatic carbocycles. The molecule has 0 unspecified atom stereocenters. The van der Waals surface area contributed by atoms with E-state index in [1.807, 2.05) is 0 Å². The Balaban J connectivity index is 2.20. The number of aromatic nitrogens is 1. The van der Waals surface area contributed by atoms with Gasteiger partial charge in [-0.25, -0.2) is 14.2 Å². The van der Waals surface area contributed by atoms with Crippen molar-refractivity contribution in [3.05, 3.63) is 41.4 Å². The fourth-order valence-corrected chi connectivity index (χ4v) is 1.66. The first-order chi connectivity index (χ1) is 9.51. The normalized spacial score (nSPS) is 10.3. The van der Waals surface area contributed by atoms with Crippen molar-refractivity contribution < 1.29 is 18.3 Å². The van der Waals surface area contributed by atoms with Gasteiger partial charge in [0.1, 0.15) is 11.6 Å². The maximum Gasteiger partial charge on any atom is 0.340 e. The number of carbonyl (C=O) groups excluding carboxylic acids is 1. The molecule has 1 aromatic heterocycles. The Labute approximate surface area is 114 Å². The number of ether oxygens (including phenoxy) is 1. The monoisotopic (exact) mass is 279 g/mol. The smallest absolute Gasteiger partial charge is 0.340 e. The molecule has 0 bridgehead atoms. The fourth-order valence-electron chi connectivity index (χ4n) is 1.66. The molecule has 0 saturated carbocycles. The summed E-state index contributed by atoms with van der Waals surface area (Å²) >= 11 is 0. The molecule has 3 N–H and O–H groups in total. The van der Waals surface area contributed by atoms with Crippen LogP contribution in [0.15, 0.2) is 22.7 Å². The average Bonchev–Trinajstić information content (AvgIpc) is 2.83. The lowest BCUT2D eigenvalue weighted by Gasteiger charge is -2.09. The van der Waals surface area contributed by atoms with Crippen LogP contribution in [0.25, 0.3) is 0 Å². The summed E-state index contributed by atoms with van der Waals surface area (Å²) in [5.41, 5.74) is 5.82. The molecule has 7 heteroatoms. The molecule has 0 aliphatic heterocycles. The standard InChI is InChI=1S/C13H14FN3O3/c1-7-5-17-12(20-7)6-16-11-3-8(13(18)19-2)10(15)4-9(11)14/h3-5,16H,6,15H2,1-2H3. The van der Waals surface area contributed by atoms with E-state index in [-0.39, 0.29) is 23.5 Å². The summed E-state index contributed by atoms with van der Waals surface area (Å²) in [6.45, 7) is 1.95. The zero-order valence-corrected chi connectivity index (χ0v) is 11.1. The predicted octanol–water partition coefficient (Wildman–Crippen LogP) is 2.10. The van der Waals surface area contributed by atoms with Crippen LogP contribution >= 0.6 is 0 Å². The number of nitrogens with one attached hydrogen (secondary N) is 1. The number of carbonyl (C=O) groups is 1. The van der Waals surface area contributed by atoms with Crippen molar-refractivity contribution in [1.29, 1.82) is 0 Å². The van der Waals surface area contributed by atoms with Crippen LogP contribution in [0.5, 0.6) is 0 Å². The second-order valence-corrected chi connectivity index (χ2v) is 4.13. The number of anilines is 2. The summed E-state index contributed by atoms with van der Waals surface area (Å²) < 4.78 is 23.6. The van der Waals surface area contributed by atoms with E-state index in [0.29, 0.717) is 11.7 Å². The molecule has 2 aromatic rings. The van der Waals surface area contributed by atoms with Gasteiger partial charge in [-0.15, -0.1) is 0 Å². The number of nitrogens with two attached hydrogens (primary N) is 1. The van der Waals surface area contributed by atoms with Gasteiger partial charge >= 0.3 is 5.97 Å². The van der Waals surface area contributed by atoms with Gasteiger partial charge in [0.25, 0.3) is 0 Å². The van der Waals surface area contributed by atoms with Crippen molar-refractivity contribution in [2.75, 3.05) is 18.2 Å². The summed E-state index contributed by atoms with van der Waals surface area (Å²) in [6.07, 6.45) is 1.57. The van der Waals surface area contributed by atoms with Crippen LogP contribution in [0.1, 0.15) is 22.0 Å². The molecule has 0 atom stereocenters. The minimum Gasteiger partial charge on any atom is -0.465 e. The molecule has 0 amide bonds. The SMILES string of the molecule is COC(=O)c1cc(NCc2ncc(C)o2)c(F)cc1N. The molecule has 6 nitrogen and oxygen atoms in total. The van der Waals surface area contributed by atoms with E-state index in [9.17, 15) is 9.18 Å². The Morgan fingerprint density at radius 2 is 2.30 bits per heavy atom. The van der Waals surface area contributed by atoms with Crippen LogP contribution in [-0.2, 0) is 11.3 Å². The average molecular weight is 279 g/mol. The molecule has 0 fully saturated rings. The number of rotatable bonds is 4. The van der Waals surface area contributed by atoms with E-state index in [4.69, 9.17) is 10.2 Å². The van der Waals surface area contributed by atoms with E-state index >= 15 is 0 Å². The van der Waals surface area contributed by atoms with E-state index in [2.05, 4.69) is 15.0 Å². The second-order valence-electron chi connectivity index (χ2n) is 4.13. The number of oxazole rings is 1. The molecule has 1 heterocycles. The van der Waals surface area contributed by atoms with Crippen LogP contribution in [0.3, 0.4) is 0 Å². The number of methoxy groups -OCH3 is 1. The molecule has 20 heavy (non-hydrogen) atoms. The molecule has 106 valence electrons. The molecule has 0 aliphatic rings. The number of nitrogen functional groups attached to an aromatic ring is 1. The molecule has 0 spiro atoms. The Kier molecular flexibility index (Phi) is 3.88. The fraction of sp³-hybridized carbons (Fsp3) is 0.231. The molecule has 0 aliphatic carbocycles. The Morgan fingerprint density at radius 1 is 1.55 bits per heavy atom. The maximum absolute atomic E-state index is 13.8. The third kappa shape index (κ3) is 2.87. The first-order valence-corrected chi connectivity index (χ1v) is 5.83. The first-order valence-electron chi connectivity index (χ1n) is 5.83. The molecular formula is C13H14FN3O3. The van der Waals surface area contributed by atoms with Crippen LogP contribution < -0.4 is 11.1 Å². The van der Waals surface area contributed by atoms with Gasteiger partial charge in [0, 0.05) is 5.69 Å². The number of hydrogen-bond donors (Lipinski definition) is 2. The van der Waals surface area contributed by atoms with E-state index in [0.717, 1.165) is 6.07 Å². The third-order valence-corrected chi connectivity index (χ3v) is 2.64. The van der Waals surface area contributed by atoms with Crippen molar-refractivity contribution in [2.24, 2.45) is 0 Å². The topological polar surface area (TPSA) is 90.4 Å².